The summed E-state index contributed by atoms with van der Waals surface area (Å²) >= 11 is 12.2. The number of benzene rings is 3. The highest BCUT2D eigenvalue weighted by molar-refractivity contribution is 6.31. The molecule has 0 fully saturated rings. The van der Waals surface area contributed by atoms with Gasteiger partial charge in [-0.3, -0.25) is 4.79 Å². The summed E-state index contributed by atoms with van der Waals surface area (Å²) in [5, 5.41) is 13.5. The fourth-order valence-corrected chi connectivity index (χ4v) is 3.31. The van der Waals surface area contributed by atoms with Gasteiger partial charge in [0.05, 0.1) is 0 Å². The average molecular weight is 451 g/mol. The number of carbonyl (C=O) groups is 1. The monoisotopic (exact) mass is 450 g/mol. The van der Waals surface area contributed by atoms with Crippen LogP contribution in [-0.2, 0) is 11.4 Å². The number of nitrogens with zero attached hydrogens (tertiary/aromatic N) is 1. The molecule has 3 aromatic carbocycles. The number of nitriles is 1. The van der Waals surface area contributed by atoms with Crippen molar-refractivity contribution in [2.45, 2.75) is 20.5 Å². The maximum Gasteiger partial charge on any atom is 0.266 e. The molecule has 1 N–H and O–H groups in total. The van der Waals surface area contributed by atoms with Crippen molar-refractivity contribution in [2.75, 3.05) is 5.32 Å². The lowest BCUT2D eigenvalue weighted by molar-refractivity contribution is -0.112. The molecule has 31 heavy (non-hydrogen) atoms. The van der Waals surface area contributed by atoms with E-state index in [0.717, 1.165) is 16.7 Å². The first-order valence-corrected chi connectivity index (χ1v) is 10.3. The fourth-order valence-electron chi connectivity index (χ4n) is 2.92. The second kappa shape index (κ2) is 10.2. The number of hydrogen-bond donors (Lipinski definition) is 1. The van der Waals surface area contributed by atoms with E-state index >= 15 is 0 Å². The SMILES string of the molecule is Cc1ccc(C)c(NC(=O)/C(C#N)=C/c2cc(Cl)ccc2OCc2cccc(Cl)c2)c1. The first-order valence-electron chi connectivity index (χ1n) is 9.53. The molecule has 3 aromatic rings. The first-order chi connectivity index (χ1) is 14.9. The van der Waals surface area contributed by atoms with Crippen molar-refractivity contribution in [1.29, 1.82) is 5.26 Å². The zero-order chi connectivity index (χ0) is 22.4. The van der Waals surface area contributed by atoms with Gasteiger partial charge in [-0.1, -0.05) is 47.5 Å². The first kappa shape index (κ1) is 22.4. The largest absolute Gasteiger partial charge is 0.488 e. The van der Waals surface area contributed by atoms with Crippen LogP contribution in [0.25, 0.3) is 6.08 Å². The third-order valence-electron chi connectivity index (χ3n) is 4.56. The number of rotatable bonds is 6. The van der Waals surface area contributed by atoms with Gasteiger partial charge in [-0.25, -0.2) is 0 Å². The molecule has 1 amide bonds. The second-order valence-electron chi connectivity index (χ2n) is 7.04. The highest BCUT2D eigenvalue weighted by atomic mass is 35.5. The van der Waals surface area contributed by atoms with Gasteiger partial charge in [-0.05, 0) is 73.0 Å². The molecule has 0 radical (unpaired) electrons. The summed E-state index contributed by atoms with van der Waals surface area (Å²) in [6.07, 6.45) is 1.47. The van der Waals surface area contributed by atoms with E-state index in [1.54, 1.807) is 24.3 Å². The molecule has 0 atom stereocenters. The molecule has 6 heteroatoms. The Morgan fingerprint density at radius 3 is 2.58 bits per heavy atom. The van der Waals surface area contributed by atoms with Crippen LogP contribution in [0.15, 0.2) is 66.2 Å². The van der Waals surface area contributed by atoms with Gasteiger partial charge in [0, 0.05) is 21.3 Å². The molecule has 0 saturated carbocycles. The van der Waals surface area contributed by atoms with Crippen molar-refractivity contribution < 1.29 is 9.53 Å². The number of nitrogens with one attached hydrogen (secondary N) is 1. The van der Waals surface area contributed by atoms with E-state index in [1.807, 2.05) is 56.3 Å². The highest BCUT2D eigenvalue weighted by Gasteiger charge is 2.13. The lowest BCUT2D eigenvalue weighted by Gasteiger charge is -2.11. The van der Waals surface area contributed by atoms with Gasteiger partial charge in [0.2, 0.25) is 0 Å². The minimum atomic E-state index is -0.503. The van der Waals surface area contributed by atoms with Crippen molar-refractivity contribution in [1.82, 2.24) is 0 Å². The fraction of sp³-hybridized carbons (Fsp3) is 0.120. The van der Waals surface area contributed by atoms with Gasteiger partial charge >= 0.3 is 0 Å². The smallest absolute Gasteiger partial charge is 0.266 e. The van der Waals surface area contributed by atoms with Crippen LogP contribution in [0, 0.1) is 25.2 Å². The van der Waals surface area contributed by atoms with Crippen LogP contribution in [0.5, 0.6) is 5.75 Å². The Morgan fingerprint density at radius 1 is 1.06 bits per heavy atom. The van der Waals surface area contributed by atoms with E-state index in [9.17, 15) is 10.1 Å². The number of ether oxygens (including phenoxy) is 1. The van der Waals surface area contributed by atoms with Crippen LogP contribution in [0.4, 0.5) is 5.69 Å². The molecular formula is C25H20Cl2N2O2. The minimum absolute atomic E-state index is 0.0595. The molecule has 0 heterocycles. The topological polar surface area (TPSA) is 62.1 Å². The van der Waals surface area contributed by atoms with Crippen LogP contribution in [0.3, 0.4) is 0 Å². The Hall–Kier alpha value is -3.26. The molecule has 0 aliphatic carbocycles. The van der Waals surface area contributed by atoms with E-state index in [0.29, 0.717) is 27.0 Å². The van der Waals surface area contributed by atoms with Crippen LogP contribution in [-0.4, -0.2) is 5.91 Å². The van der Waals surface area contributed by atoms with Crippen LogP contribution < -0.4 is 10.1 Å². The zero-order valence-electron chi connectivity index (χ0n) is 17.1. The predicted molar refractivity (Wildman–Crippen MR) is 125 cm³/mol. The maximum absolute atomic E-state index is 12.7. The standard InChI is InChI=1S/C25H20Cl2N2O2/c1-16-6-7-17(2)23(10-16)29-25(30)20(14-28)12-19-13-22(27)8-9-24(19)31-15-18-4-3-5-21(26)11-18/h3-13H,15H2,1-2H3,(H,29,30)/b20-12+. The van der Waals surface area contributed by atoms with Gasteiger partial charge in [0.15, 0.2) is 0 Å². The summed E-state index contributed by atoms with van der Waals surface area (Å²) < 4.78 is 5.91. The molecule has 0 aliphatic heterocycles. The Kier molecular flexibility index (Phi) is 7.36. The van der Waals surface area contributed by atoms with E-state index < -0.39 is 5.91 Å². The van der Waals surface area contributed by atoms with Crippen molar-refractivity contribution >= 4 is 40.9 Å². The summed E-state index contributed by atoms with van der Waals surface area (Å²) in [5.41, 5.74) is 3.94. The Morgan fingerprint density at radius 2 is 1.84 bits per heavy atom. The van der Waals surface area contributed by atoms with Gasteiger partial charge in [-0.15, -0.1) is 0 Å². The van der Waals surface area contributed by atoms with E-state index in [-0.39, 0.29) is 12.2 Å². The number of aryl methyl sites for hydroxylation is 2. The Labute approximate surface area is 191 Å². The van der Waals surface area contributed by atoms with Crippen LogP contribution in [0.1, 0.15) is 22.3 Å². The van der Waals surface area contributed by atoms with Crippen LogP contribution in [0.2, 0.25) is 10.0 Å². The van der Waals surface area contributed by atoms with Gasteiger partial charge in [-0.2, -0.15) is 5.26 Å². The zero-order valence-corrected chi connectivity index (χ0v) is 18.6. The van der Waals surface area contributed by atoms with E-state index in [1.165, 1.54) is 6.08 Å². The molecule has 0 bridgehead atoms. The molecule has 0 unspecified atom stereocenters. The number of amides is 1. The average Bonchev–Trinajstić information content (AvgIpc) is 2.74. The summed E-state index contributed by atoms with van der Waals surface area (Å²) in [5.74, 6) is -0.00590. The quantitative estimate of drug-likeness (QED) is 0.334. The van der Waals surface area contributed by atoms with Crippen molar-refractivity contribution in [3.8, 4) is 11.8 Å². The summed E-state index contributed by atoms with van der Waals surface area (Å²) in [6.45, 7) is 4.11. The summed E-state index contributed by atoms with van der Waals surface area (Å²) in [6, 6.07) is 20.1. The lowest BCUT2D eigenvalue weighted by Crippen LogP contribution is -2.14. The molecular weight excluding hydrogens is 431 g/mol. The maximum atomic E-state index is 12.7. The Balaban J connectivity index is 1.85. The number of anilines is 1. The molecule has 0 aromatic heterocycles. The predicted octanol–water partition coefficient (Wildman–Crippen LogP) is 6.73. The number of carbonyl (C=O) groups excluding carboxylic acids is 1. The molecule has 156 valence electrons. The lowest BCUT2D eigenvalue weighted by atomic mass is 10.1. The molecule has 0 saturated heterocycles. The summed E-state index contributed by atoms with van der Waals surface area (Å²) in [4.78, 5) is 12.7. The van der Waals surface area contributed by atoms with Gasteiger partial charge in [0.25, 0.3) is 5.91 Å². The molecule has 0 spiro atoms. The van der Waals surface area contributed by atoms with E-state index in [2.05, 4.69) is 5.32 Å². The molecule has 0 aliphatic rings. The minimum Gasteiger partial charge on any atom is -0.488 e. The second-order valence-corrected chi connectivity index (χ2v) is 7.92. The van der Waals surface area contributed by atoms with Gasteiger partial charge in [0.1, 0.15) is 24.0 Å². The third-order valence-corrected chi connectivity index (χ3v) is 5.03. The molecule has 4 nitrogen and oxygen atoms in total. The summed E-state index contributed by atoms with van der Waals surface area (Å²) in [7, 11) is 0. The van der Waals surface area contributed by atoms with Crippen molar-refractivity contribution in [2.24, 2.45) is 0 Å². The number of halogens is 2. The van der Waals surface area contributed by atoms with Gasteiger partial charge < -0.3 is 10.1 Å². The van der Waals surface area contributed by atoms with Crippen molar-refractivity contribution in [3.05, 3.63) is 98.5 Å². The third kappa shape index (κ3) is 6.11. The molecule has 3 rings (SSSR count). The number of hydrogen-bond acceptors (Lipinski definition) is 3. The van der Waals surface area contributed by atoms with Crippen molar-refractivity contribution in [3.63, 3.8) is 0 Å². The normalized spacial score (nSPS) is 11.0. The Bertz CT molecular complexity index is 1200. The highest BCUT2D eigenvalue weighted by Crippen LogP contribution is 2.27. The van der Waals surface area contributed by atoms with Crippen LogP contribution >= 0.6 is 23.2 Å². The van der Waals surface area contributed by atoms with E-state index in [4.69, 9.17) is 27.9 Å².